The summed E-state index contributed by atoms with van der Waals surface area (Å²) >= 11 is 0. The van der Waals surface area contributed by atoms with Gasteiger partial charge in [0.15, 0.2) is 0 Å². The van der Waals surface area contributed by atoms with Crippen molar-refractivity contribution in [1.82, 2.24) is 14.7 Å². The number of aliphatic hydroxyl groups excluding tert-OH is 3. The average Bonchev–Trinajstić information content (AvgIpc) is 3.79. The lowest BCUT2D eigenvalue weighted by atomic mass is 9.88. The Bertz CT molecular complexity index is 597. The molecule has 0 saturated carbocycles. The number of carbonyl (C=O) groups is 1. The highest BCUT2D eigenvalue weighted by Crippen LogP contribution is 2.51. The maximum absolute atomic E-state index is 12.0. The summed E-state index contributed by atoms with van der Waals surface area (Å²) < 4.78 is 0. The van der Waals surface area contributed by atoms with Crippen LogP contribution in [0.1, 0.15) is 118 Å². The standard InChI is InChI=1S/C24H45N3O2.C6H14O3/c1-4-7-10-13-20-17-25(20)24(16-23(28)29,26-18-21(26)14-11-8-5-2)27-19-22(27)15-12-9-6-3;1-2-6(3-7,4-8)5-9/h20-22H,4-19H2,1-3H3,(H,28,29);7-9H,2-5H2,1H3. The molecule has 6 unspecified atom stereocenters. The Morgan fingerprint density at radius 2 is 1.00 bits per heavy atom. The summed E-state index contributed by atoms with van der Waals surface area (Å²) in [5.74, 6) is -0.973. The molecule has 3 fully saturated rings. The van der Waals surface area contributed by atoms with E-state index in [1.165, 1.54) is 77.0 Å². The highest BCUT2D eigenvalue weighted by atomic mass is 16.4. The van der Waals surface area contributed by atoms with Gasteiger partial charge < -0.3 is 20.4 Å². The fourth-order valence-electron chi connectivity index (χ4n) is 5.97. The number of rotatable bonds is 21. The van der Waals surface area contributed by atoms with Gasteiger partial charge in [-0.3, -0.25) is 19.5 Å². The van der Waals surface area contributed by atoms with Gasteiger partial charge in [-0.15, -0.1) is 0 Å². The maximum Gasteiger partial charge on any atom is 0.308 e. The van der Waals surface area contributed by atoms with Gasteiger partial charge >= 0.3 is 5.97 Å². The SMILES string of the molecule is CCC(CO)(CO)CO.CCCCCC1CN1C(CC(=O)O)(N1CC1CCCCC)N1CC1CCCCC. The minimum atomic E-state index is -0.667. The van der Waals surface area contributed by atoms with Gasteiger partial charge in [0.05, 0.1) is 26.2 Å². The van der Waals surface area contributed by atoms with Gasteiger partial charge in [-0.2, -0.15) is 0 Å². The van der Waals surface area contributed by atoms with Gasteiger partial charge in [-0.25, -0.2) is 0 Å². The molecule has 3 aliphatic rings. The fourth-order valence-corrected chi connectivity index (χ4v) is 5.97. The predicted octanol–water partition coefficient (Wildman–Crippen LogP) is 4.27. The molecule has 0 bridgehead atoms. The number of carboxylic acid groups (broad SMARTS) is 1. The maximum atomic E-state index is 12.0. The fraction of sp³-hybridized carbons (Fsp3) is 0.967. The Morgan fingerprint density at radius 1 is 0.658 bits per heavy atom. The summed E-state index contributed by atoms with van der Waals surface area (Å²) in [5, 5.41) is 35.9. The minimum Gasteiger partial charge on any atom is -0.481 e. The van der Waals surface area contributed by atoms with Crippen LogP contribution in [0.3, 0.4) is 0 Å². The molecule has 0 amide bonds. The first kappa shape index (κ1) is 33.4. The van der Waals surface area contributed by atoms with E-state index in [9.17, 15) is 9.90 Å². The van der Waals surface area contributed by atoms with Crippen molar-refractivity contribution in [2.24, 2.45) is 5.41 Å². The number of nitrogens with zero attached hydrogens (tertiary/aromatic N) is 3. The van der Waals surface area contributed by atoms with Crippen LogP contribution >= 0.6 is 0 Å². The highest BCUT2D eigenvalue weighted by molar-refractivity contribution is 5.68. The topological polar surface area (TPSA) is 107 Å². The molecular formula is C30H59N3O5. The largest absolute Gasteiger partial charge is 0.481 e. The molecule has 0 aliphatic carbocycles. The first-order chi connectivity index (χ1) is 18.3. The van der Waals surface area contributed by atoms with Gasteiger partial charge in [0.1, 0.15) is 5.79 Å². The number of carboxylic acids is 1. The number of aliphatic hydroxyl groups is 3. The normalized spacial score (nSPS) is 29.2. The molecule has 6 atom stereocenters. The third kappa shape index (κ3) is 9.13. The summed E-state index contributed by atoms with van der Waals surface area (Å²) in [5.41, 5.74) is -0.667. The van der Waals surface area contributed by atoms with E-state index in [-0.39, 0.29) is 32.0 Å². The summed E-state index contributed by atoms with van der Waals surface area (Å²) in [4.78, 5) is 19.7. The van der Waals surface area contributed by atoms with Crippen molar-refractivity contribution in [3.63, 3.8) is 0 Å². The Balaban J connectivity index is 0.000000484. The first-order valence-electron chi connectivity index (χ1n) is 15.7. The molecule has 0 spiro atoms. The number of hydrogen-bond acceptors (Lipinski definition) is 7. The lowest BCUT2D eigenvalue weighted by Gasteiger charge is -2.39. The predicted molar refractivity (Wildman–Crippen MR) is 153 cm³/mol. The van der Waals surface area contributed by atoms with Crippen LogP contribution in [0.4, 0.5) is 0 Å². The lowest BCUT2D eigenvalue weighted by Crippen LogP contribution is -2.56. The summed E-state index contributed by atoms with van der Waals surface area (Å²) in [6.45, 7) is 11.4. The molecule has 224 valence electrons. The summed E-state index contributed by atoms with van der Waals surface area (Å²) in [7, 11) is 0. The van der Waals surface area contributed by atoms with Crippen LogP contribution in [0.15, 0.2) is 0 Å². The smallest absolute Gasteiger partial charge is 0.308 e. The van der Waals surface area contributed by atoms with E-state index in [0.29, 0.717) is 24.5 Å². The van der Waals surface area contributed by atoms with Gasteiger partial charge in [0.25, 0.3) is 0 Å². The van der Waals surface area contributed by atoms with Crippen molar-refractivity contribution >= 4 is 5.97 Å². The van der Waals surface area contributed by atoms with Crippen molar-refractivity contribution in [2.45, 2.75) is 141 Å². The second kappa shape index (κ2) is 16.5. The van der Waals surface area contributed by atoms with Crippen LogP contribution in [0.25, 0.3) is 0 Å². The molecule has 8 heteroatoms. The molecule has 4 N–H and O–H groups in total. The second-order valence-corrected chi connectivity index (χ2v) is 12.1. The molecule has 3 rings (SSSR count). The van der Waals surface area contributed by atoms with E-state index in [2.05, 4.69) is 35.5 Å². The monoisotopic (exact) mass is 541 g/mol. The Labute approximate surface area is 232 Å². The Morgan fingerprint density at radius 3 is 1.21 bits per heavy atom. The van der Waals surface area contributed by atoms with Crippen molar-refractivity contribution in [1.29, 1.82) is 0 Å². The Kier molecular flexibility index (Phi) is 14.5. The van der Waals surface area contributed by atoms with Crippen molar-refractivity contribution in [3.05, 3.63) is 0 Å². The number of aliphatic carboxylic acids is 1. The summed E-state index contributed by atoms with van der Waals surface area (Å²) in [6.07, 6.45) is 16.0. The average molecular weight is 542 g/mol. The zero-order chi connectivity index (χ0) is 28.2. The zero-order valence-electron chi connectivity index (χ0n) is 24.9. The number of unbranched alkanes of at least 4 members (excludes halogenated alkanes) is 6. The minimum absolute atomic E-state index is 0.156. The van der Waals surface area contributed by atoms with E-state index < -0.39 is 11.4 Å². The van der Waals surface area contributed by atoms with Crippen molar-refractivity contribution in [2.75, 3.05) is 39.5 Å². The van der Waals surface area contributed by atoms with Crippen LogP contribution in [-0.2, 0) is 4.79 Å². The Hall–Kier alpha value is -0.770. The quantitative estimate of drug-likeness (QED) is 0.126. The molecular weight excluding hydrogens is 482 g/mol. The van der Waals surface area contributed by atoms with E-state index in [1.54, 1.807) is 0 Å². The molecule has 3 heterocycles. The van der Waals surface area contributed by atoms with Gasteiger partial charge in [0.2, 0.25) is 0 Å². The molecule has 38 heavy (non-hydrogen) atoms. The molecule has 0 aromatic carbocycles. The van der Waals surface area contributed by atoms with E-state index in [4.69, 9.17) is 15.3 Å². The van der Waals surface area contributed by atoms with Crippen molar-refractivity contribution in [3.8, 4) is 0 Å². The van der Waals surface area contributed by atoms with Crippen molar-refractivity contribution < 1.29 is 25.2 Å². The molecule has 0 aromatic heterocycles. The van der Waals surface area contributed by atoms with E-state index in [1.807, 2.05) is 6.92 Å². The van der Waals surface area contributed by atoms with E-state index in [0.717, 1.165) is 19.6 Å². The van der Waals surface area contributed by atoms with Gasteiger partial charge in [-0.05, 0) is 25.7 Å². The first-order valence-corrected chi connectivity index (χ1v) is 15.7. The van der Waals surface area contributed by atoms with Crippen LogP contribution < -0.4 is 0 Å². The third-order valence-electron chi connectivity index (χ3n) is 9.09. The van der Waals surface area contributed by atoms with Gasteiger partial charge in [-0.1, -0.05) is 85.5 Å². The van der Waals surface area contributed by atoms with Crippen LogP contribution in [0, 0.1) is 5.41 Å². The summed E-state index contributed by atoms with van der Waals surface area (Å²) in [6, 6.07) is 1.78. The third-order valence-corrected chi connectivity index (χ3v) is 9.09. The molecule has 0 radical (unpaired) electrons. The van der Waals surface area contributed by atoms with E-state index >= 15 is 0 Å². The van der Waals surface area contributed by atoms with Crippen LogP contribution in [-0.4, -0.2) is 104 Å². The molecule has 3 saturated heterocycles. The van der Waals surface area contributed by atoms with Gasteiger partial charge in [0, 0.05) is 43.2 Å². The second-order valence-electron chi connectivity index (χ2n) is 12.1. The molecule has 3 aliphatic heterocycles. The lowest BCUT2D eigenvalue weighted by molar-refractivity contribution is -0.146. The highest BCUT2D eigenvalue weighted by Gasteiger charge is 2.67. The van der Waals surface area contributed by atoms with Crippen LogP contribution in [0.5, 0.6) is 0 Å². The molecule has 0 aromatic rings. The zero-order valence-corrected chi connectivity index (χ0v) is 24.9. The number of hydrogen-bond donors (Lipinski definition) is 4. The molecule has 8 nitrogen and oxygen atoms in total. The van der Waals surface area contributed by atoms with Crippen LogP contribution in [0.2, 0.25) is 0 Å².